The first-order valence-electron chi connectivity index (χ1n) is 19.8. The van der Waals surface area contributed by atoms with Gasteiger partial charge < -0.3 is 0 Å². The lowest BCUT2D eigenvalue weighted by Gasteiger charge is -2.08. The molecule has 1 aromatic rings. The lowest BCUT2D eigenvalue weighted by Crippen LogP contribution is -2.31. The van der Waals surface area contributed by atoms with Crippen LogP contribution in [-0.4, -0.2) is 4.57 Å². The van der Waals surface area contributed by atoms with E-state index < -0.39 is 0 Å². The number of aryl methyl sites for hydroxylation is 1. The minimum Gasteiger partial charge on any atom is -0.237 e. The zero-order valence-corrected chi connectivity index (χ0v) is 29.5. The van der Waals surface area contributed by atoms with Crippen LogP contribution in [0.15, 0.2) is 18.7 Å². The Bertz CT molecular complexity index is 635. The van der Waals surface area contributed by atoms with Gasteiger partial charge in [-0.05, 0) is 32.6 Å². The van der Waals surface area contributed by atoms with E-state index in [1.165, 1.54) is 212 Å². The summed E-state index contributed by atoms with van der Waals surface area (Å²) >= 11 is 0. The van der Waals surface area contributed by atoms with Crippen LogP contribution in [-0.2, 0) is 6.54 Å². The normalized spacial score (nSPS) is 12.4. The van der Waals surface area contributed by atoms with Gasteiger partial charge in [0.1, 0.15) is 12.4 Å². The standard InChI is InChI=1S/C40H79N2/c1-4-6-8-10-12-14-16-18-20-21-22-24-26-28-30-32-34-36-41-37-38-42(39-41)40(3)35-33-31-29-27-25-23-19-17-15-13-11-9-7-5-2/h37-40H,4-36H2,1-3H3/q+1. The zero-order chi connectivity index (χ0) is 30.2. The maximum atomic E-state index is 2.45. The van der Waals surface area contributed by atoms with Crippen molar-refractivity contribution in [2.75, 3.05) is 0 Å². The summed E-state index contributed by atoms with van der Waals surface area (Å²) < 4.78 is 4.88. The van der Waals surface area contributed by atoms with Gasteiger partial charge >= 0.3 is 0 Å². The maximum absolute atomic E-state index is 2.45. The van der Waals surface area contributed by atoms with Crippen molar-refractivity contribution >= 4 is 0 Å². The summed E-state index contributed by atoms with van der Waals surface area (Å²) in [5.41, 5.74) is 0. The van der Waals surface area contributed by atoms with Crippen LogP contribution in [0.1, 0.15) is 232 Å². The maximum Gasteiger partial charge on any atom is 0.243 e. The minimum absolute atomic E-state index is 0.638. The van der Waals surface area contributed by atoms with Gasteiger partial charge in [-0.1, -0.05) is 194 Å². The smallest absolute Gasteiger partial charge is 0.237 e. The number of rotatable bonds is 34. The Hall–Kier alpha value is -0.790. The number of imidazole rings is 1. The van der Waals surface area contributed by atoms with Crippen LogP contribution in [0.25, 0.3) is 0 Å². The monoisotopic (exact) mass is 588 g/mol. The Balaban J connectivity index is 1.85. The summed E-state index contributed by atoms with van der Waals surface area (Å²) in [6.07, 6.45) is 53.1. The van der Waals surface area contributed by atoms with E-state index in [4.69, 9.17) is 0 Å². The predicted octanol–water partition coefficient (Wildman–Crippen LogP) is 13.9. The van der Waals surface area contributed by atoms with Crippen molar-refractivity contribution in [3.8, 4) is 0 Å². The Kier molecular flexibility index (Phi) is 29.5. The van der Waals surface area contributed by atoms with E-state index in [0.29, 0.717) is 6.04 Å². The molecule has 1 atom stereocenters. The second-order valence-corrected chi connectivity index (χ2v) is 14.0. The van der Waals surface area contributed by atoms with Gasteiger partial charge in [0.05, 0.1) is 12.6 Å². The van der Waals surface area contributed by atoms with E-state index in [2.05, 4.69) is 48.6 Å². The average Bonchev–Trinajstić information content (AvgIpc) is 3.48. The summed E-state index contributed by atoms with van der Waals surface area (Å²) in [6, 6.07) is 0.638. The van der Waals surface area contributed by atoms with E-state index in [9.17, 15) is 0 Å². The molecular weight excluding hydrogens is 508 g/mol. The molecule has 42 heavy (non-hydrogen) atoms. The Morgan fingerprint density at radius 2 is 0.738 bits per heavy atom. The topological polar surface area (TPSA) is 8.81 Å². The molecular formula is C40H79N2+. The van der Waals surface area contributed by atoms with Crippen LogP contribution < -0.4 is 4.57 Å². The van der Waals surface area contributed by atoms with Gasteiger partial charge in [-0.3, -0.25) is 0 Å². The van der Waals surface area contributed by atoms with Crippen LogP contribution in [0, 0.1) is 0 Å². The summed E-state index contributed by atoms with van der Waals surface area (Å²) in [5.74, 6) is 0. The van der Waals surface area contributed by atoms with Gasteiger partial charge in [-0.15, -0.1) is 0 Å². The van der Waals surface area contributed by atoms with E-state index in [1.54, 1.807) is 0 Å². The highest BCUT2D eigenvalue weighted by molar-refractivity contribution is 4.72. The number of hydrogen-bond donors (Lipinski definition) is 0. The number of nitrogens with zero attached hydrogens (tertiary/aromatic N) is 2. The number of hydrogen-bond acceptors (Lipinski definition) is 0. The molecule has 248 valence electrons. The molecule has 0 aliphatic heterocycles. The van der Waals surface area contributed by atoms with Crippen LogP contribution in [0.2, 0.25) is 0 Å². The third-order valence-corrected chi connectivity index (χ3v) is 9.72. The fourth-order valence-corrected chi connectivity index (χ4v) is 6.61. The Morgan fingerprint density at radius 3 is 1.10 bits per heavy atom. The number of aromatic nitrogens is 2. The van der Waals surface area contributed by atoms with Crippen molar-refractivity contribution < 1.29 is 4.57 Å². The third-order valence-electron chi connectivity index (χ3n) is 9.72. The largest absolute Gasteiger partial charge is 0.243 e. The van der Waals surface area contributed by atoms with E-state index >= 15 is 0 Å². The fraction of sp³-hybridized carbons (Fsp3) is 0.925. The highest BCUT2D eigenvalue weighted by Gasteiger charge is 2.11. The second-order valence-electron chi connectivity index (χ2n) is 14.0. The first-order chi connectivity index (χ1) is 20.8. The van der Waals surface area contributed by atoms with Crippen molar-refractivity contribution in [1.29, 1.82) is 0 Å². The van der Waals surface area contributed by atoms with Crippen molar-refractivity contribution in [3.05, 3.63) is 18.7 Å². The molecule has 0 saturated carbocycles. The lowest BCUT2D eigenvalue weighted by atomic mass is 10.0. The van der Waals surface area contributed by atoms with Gasteiger partial charge in [0.2, 0.25) is 6.33 Å². The molecule has 0 fully saturated rings. The Labute approximate surface area is 266 Å². The molecule has 0 aliphatic carbocycles. The summed E-state index contributed by atoms with van der Waals surface area (Å²) in [4.78, 5) is 0. The fourth-order valence-electron chi connectivity index (χ4n) is 6.61. The molecule has 0 amide bonds. The molecule has 1 rings (SSSR count). The van der Waals surface area contributed by atoms with Crippen LogP contribution in [0.4, 0.5) is 0 Å². The summed E-state index contributed by atoms with van der Waals surface area (Å²) in [6.45, 7) is 8.21. The van der Waals surface area contributed by atoms with Crippen molar-refractivity contribution in [3.63, 3.8) is 0 Å². The highest BCUT2D eigenvalue weighted by Crippen LogP contribution is 2.18. The molecule has 0 aliphatic rings. The van der Waals surface area contributed by atoms with Crippen molar-refractivity contribution in [2.45, 2.75) is 239 Å². The van der Waals surface area contributed by atoms with Crippen LogP contribution >= 0.6 is 0 Å². The summed E-state index contributed by atoms with van der Waals surface area (Å²) in [7, 11) is 0. The molecule has 0 radical (unpaired) electrons. The van der Waals surface area contributed by atoms with Gasteiger partial charge in [0.15, 0.2) is 0 Å². The van der Waals surface area contributed by atoms with Gasteiger partial charge in [-0.2, -0.15) is 0 Å². The number of unbranched alkanes of at least 4 members (excludes halogenated alkanes) is 29. The molecule has 2 nitrogen and oxygen atoms in total. The SMILES string of the molecule is CCCCCCCCCCCCCCCCCCC[n+]1ccn(C(C)CCCCCCCCCCCCCCCC)c1. The van der Waals surface area contributed by atoms with Crippen molar-refractivity contribution in [2.24, 2.45) is 0 Å². The summed E-state index contributed by atoms with van der Waals surface area (Å²) in [5, 5.41) is 0. The van der Waals surface area contributed by atoms with Gasteiger partial charge in [-0.25, -0.2) is 9.13 Å². The van der Waals surface area contributed by atoms with E-state index in [1.807, 2.05) is 0 Å². The average molecular weight is 588 g/mol. The molecule has 0 N–H and O–H groups in total. The van der Waals surface area contributed by atoms with Gasteiger partial charge in [0, 0.05) is 0 Å². The first kappa shape index (κ1) is 39.2. The van der Waals surface area contributed by atoms with Crippen LogP contribution in [0.3, 0.4) is 0 Å². The van der Waals surface area contributed by atoms with Gasteiger partial charge in [0.25, 0.3) is 0 Å². The molecule has 0 bridgehead atoms. The molecule has 0 saturated heterocycles. The second kappa shape index (κ2) is 31.6. The highest BCUT2D eigenvalue weighted by atomic mass is 15.1. The molecule has 1 unspecified atom stereocenters. The molecule has 0 spiro atoms. The zero-order valence-electron chi connectivity index (χ0n) is 29.5. The predicted molar refractivity (Wildman–Crippen MR) is 188 cm³/mol. The Morgan fingerprint density at radius 1 is 0.429 bits per heavy atom. The third kappa shape index (κ3) is 25.7. The molecule has 1 heterocycles. The lowest BCUT2D eigenvalue weighted by molar-refractivity contribution is -0.697. The van der Waals surface area contributed by atoms with E-state index in [-0.39, 0.29) is 0 Å². The van der Waals surface area contributed by atoms with E-state index in [0.717, 1.165) is 0 Å². The van der Waals surface area contributed by atoms with Crippen molar-refractivity contribution in [1.82, 2.24) is 4.57 Å². The quantitative estimate of drug-likeness (QED) is 0.0560. The van der Waals surface area contributed by atoms with Crippen LogP contribution in [0.5, 0.6) is 0 Å². The molecule has 1 aromatic heterocycles. The minimum atomic E-state index is 0.638. The molecule has 0 aromatic carbocycles. The molecule has 2 heteroatoms. The first-order valence-corrected chi connectivity index (χ1v) is 19.8.